The zero-order valence-electron chi connectivity index (χ0n) is 10.9. The number of ether oxygens (including phenoxy) is 1. The Bertz CT molecular complexity index is 738. The van der Waals surface area contributed by atoms with Gasteiger partial charge in [-0.1, -0.05) is 6.07 Å². The average molecular weight is 267 g/mol. The van der Waals surface area contributed by atoms with Gasteiger partial charge in [-0.25, -0.2) is 4.98 Å². The molecule has 2 heterocycles. The van der Waals surface area contributed by atoms with Gasteiger partial charge in [0.05, 0.1) is 11.8 Å². The van der Waals surface area contributed by atoms with E-state index in [0.29, 0.717) is 23.1 Å². The molecule has 100 valence electrons. The molecule has 0 atom stereocenters. The number of hydrogen-bond donors (Lipinski definition) is 1. The number of benzene rings is 1. The Labute approximate surface area is 115 Å². The summed E-state index contributed by atoms with van der Waals surface area (Å²) in [6, 6.07) is 8.89. The summed E-state index contributed by atoms with van der Waals surface area (Å²) in [5.41, 5.74) is 7.19. The average Bonchev–Trinajstić information content (AvgIpc) is 2.86. The van der Waals surface area contributed by atoms with E-state index in [1.165, 1.54) is 0 Å². The zero-order chi connectivity index (χ0) is 13.9. The quantitative estimate of drug-likeness (QED) is 0.736. The summed E-state index contributed by atoms with van der Waals surface area (Å²) in [6.45, 7) is 0. The summed E-state index contributed by atoms with van der Waals surface area (Å²) in [4.78, 5) is 8.57. The summed E-state index contributed by atoms with van der Waals surface area (Å²) in [6.07, 6.45) is 5.20. The van der Waals surface area contributed by atoms with Gasteiger partial charge in [0, 0.05) is 37.3 Å². The van der Waals surface area contributed by atoms with E-state index in [1.54, 1.807) is 35.3 Å². The van der Waals surface area contributed by atoms with E-state index in [1.807, 2.05) is 25.4 Å². The van der Waals surface area contributed by atoms with Gasteiger partial charge in [-0.2, -0.15) is 10.1 Å². The van der Waals surface area contributed by atoms with Crippen molar-refractivity contribution in [1.29, 1.82) is 0 Å². The minimum absolute atomic E-state index is 0.462. The first-order valence-corrected chi connectivity index (χ1v) is 6.06. The third-order valence-corrected chi connectivity index (χ3v) is 2.67. The second-order valence-electron chi connectivity index (χ2n) is 4.30. The van der Waals surface area contributed by atoms with Crippen LogP contribution in [-0.2, 0) is 7.05 Å². The Hall–Kier alpha value is -2.89. The van der Waals surface area contributed by atoms with Gasteiger partial charge in [-0.05, 0) is 12.1 Å². The zero-order valence-corrected chi connectivity index (χ0v) is 10.9. The van der Waals surface area contributed by atoms with Gasteiger partial charge in [-0.3, -0.25) is 4.68 Å². The SMILES string of the molecule is Cn1cc(-c2nccc(Oc3cccc(N)c3)n2)cn1. The maximum atomic E-state index is 5.71. The van der Waals surface area contributed by atoms with E-state index in [0.717, 1.165) is 5.56 Å². The van der Waals surface area contributed by atoms with Crippen molar-refractivity contribution in [3.8, 4) is 23.0 Å². The minimum Gasteiger partial charge on any atom is -0.439 e. The summed E-state index contributed by atoms with van der Waals surface area (Å²) in [5.74, 6) is 1.67. The monoisotopic (exact) mass is 267 g/mol. The lowest BCUT2D eigenvalue weighted by molar-refractivity contribution is 0.462. The van der Waals surface area contributed by atoms with Crippen LogP contribution in [0, 0.1) is 0 Å². The van der Waals surface area contributed by atoms with Crippen LogP contribution in [0.25, 0.3) is 11.4 Å². The fourth-order valence-electron chi connectivity index (χ4n) is 1.77. The van der Waals surface area contributed by atoms with Crippen molar-refractivity contribution in [2.45, 2.75) is 0 Å². The van der Waals surface area contributed by atoms with Crippen molar-refractivity contribution in [1.82, 2.24) is 19.7 Å². The van der Waals surface area contributed by atoms with Gasteiger partial charge < -0.3 is 10.5 Å². The van der Waals surface area contributed by atoms with Gasteiger partial charge in [0.25, 0.3) is 0 Å². The molecule has 0 saturated carbocycles. The second-order valence-corrected chi connectivity index (χ2v) is 4.30. The lowest BCUT2D eigenvalue weighted by Crippen LogP contribution is -1.93. The summed E-state index contributed by atoms with van der Waals surface area (Å²) < 4.78 is 7.37. The molecule has 0 amide bonds. The molecule has 20 heavy (non-hydrogen) atoms. The van der Waals surface area contributed by atoms with Crippen molar-refractivity contribution in [3.05, 3.63) is 48.9 Å². The van der Waals surface area contributed by atoms with Crippen LogP contribution in [0.4, 0.5) is 5.69 Å². The van der Waals surface area contributed by atoms with Gasteiger partial charge >= 0.3 is 0 Å². The molecule has 0 bridgehead atoms. The Morgan fingerprint density at radius 2 is 2.15 bits per heavy atom. The van der Waals surface area contributed by atoms with Crippen molar-refractivity contribution in [2.75, 3.05) is 5.73 Å². The summed E-state index contributed by atoms with van der Waals surface area (Å²) in [5, 5.41) is 4.10. The molecule has 0 aliphatic heterocycles. The van der Waals surface area contributed by atoms with Crippen LogP contribution in [0.5, 0.6) is 11.6 Å². The number of nitrogen functional groups attached to an aromatic ring is 1. The largest absolute Gasteiger partial charge is 0.439 e. The lowest BCUT2D eigenvalue weighted by atomic mass is 10.3. The topological polar surface area (TPSA) is 78.9 Å². The predicted molar refractivity (Wildman–Crippen MR) is 75.2 cm³/mol. The Balaban J connectivity index is 1.88. The number of anilines is 1. The number of aromatic nitrogens is 4. The second kappa shape index (κ2) is 5.00. The highest BCUT2D eigenvalue weighted by atomic mass is 16.5. The predicted octanol–water partition coefficient (Wildman–Crippen LogP) is 2.25. The summed E-state index contributed by atoms with van der Waals surface area (Å²) in [7, 11) is 1.84. The van der Waals surface area contributed by atoms with E-state index in [-0.39, 0.29) is 0 Å². The molecule has 0 saturated heterocycles. The number of nitrogens with two attached hydrogens (primary N) is 1. The maximum Gasteiger partial charge on any atom is 0.222 e. The molecule has 3 rings (SSSR count). The van der Waals surface area contributed by atoms with Crippen LogP contribution in [0.3, 0.4) is 0 Å². The highest BCUT2D eigenvalue weighted by Gasteiger charge is 2.06. The summed E-state index contributed by atoms with van der Waals surface area (Å²) >= 11 is 0. The van der Waals surface area contributed by atoms with E-state index >= 15 is 0 Å². The highest BCUT2D eigenvalue weighted by molar-refractivity contribution is 5.52. The number of hydrogen-bond acceptors (Lipinski definition) is 5. The van der Waals surface area contributed by atoms with Crippen LogP contribution in [-0.4, -0.2) is 19.7 Å². The Morgan fingerprint density at radius 3 is 2.90 bits per heavy atom. The molecule has 3 aromatic rings. The molecule has 0 aliphatic rings. The van der Waals surface area contributed by atoms with Crippen molar-refractivity contribution in [3.63, 3.8) is 0 Å². The number of rotatable bonds is 3. The maximum absolute atomic E-state index is 5.71. The first kappa shape index (κ1) is 12.2. The molecule has 6 heteroatoms. The van der Waals surface area contributed by atoms with Gasteiger partial charge in [0.1, 0.15) is 5.75 Å². The molecular weight excluding hydrogens is 254 g/mol. The third-order valence-electron chi connectivity index (χ3n) is 2.67. The van der Waals surface area contributed by atoms with Crippen molar-refractivity contribution >= 4 is 5.69 Å². The van der Waals surface area contributed by atoms with Crippen LogP contribution >= 0.6 is 0 Å². The molecule has 0 unspecified atom stereocenters. The molecule has 0 spiro atoms. The van der Waals surface area contributed by atoms with Crippen molar-refractivity contribution < 1.29 is 4.74 Å². The van der Waals surface area contributed by atoms with Crippen LogP contribution in [0.2, 0.25) is 0 Å². The molecule has 2 N–H and O–H groups in total. The fourth-order valence-corrected chi connectivity index (χ4v) is 1.77. The Morgan fingerprint density at radius 1 is 1.25 bits per heavy atom. The Kier molecular flexibility index (Phi) is 3.04. The van der Waals surface area contributed by atoms with E-state index in [4.69, 9.17) is 10.5 Å². The number of nitrogens with zero attached hydrogens (tertiary/aromatic N) is 4. The molecule has 1 aromatic carbocycles. The van der Waals surface area contributed by atoms with E-state index in [9.17, 15) is 0 Å². The fraction of sp³-hybridized carbons (Fsp3) is 0.0714. The van der Waals surface area contributed by atoms with E-state index in [2.05, 4.69) is 15.1 Å². The van der Waals surface area contributed by atoms with E-state index < -0.39 is 0 Å². The molecule has 2 aromatic heterocycles. The smallest absolute Gasteiger partial charge is 0.222 e. The van der Waals surface area contributed by atoms with Gasteiger partial charge in [0.2, 0.25) is 5.88 Å². The van der Waals surface area contributed by atoms with Gasteiger partial charge in [0.15, 0.2) is 5.82 Å². The van der Waals surface area contributed by atoms with Crippen LogP contribution in [0.1, 0.15) is 0 Å². The molecule has 0 fully saturated rings. The first-order chi connectivity index (χ1) is 9.70. The van der Waals surface area contributed by atoms with Crippen LogP contribution < -0.4 is 10.5 Å². The minimum atomic E-state index is 0.462. The normalized spacial score (nSPS) is 10.4. The highest BCUT2D eigenvalue weighted by Crippen LogP contribution is 2.23. The first-order valence-electron chi connectivity index (χ1n) is 6.06. The van der Waals surface area contributed by atoms with Crippen molar-refractivity contribution in [2.24, 2.45) is 7.05 Å². The van der Waals surface area contributed by atoms with Gasteiger partial charge in [-0.15, -0.1) is 0 Å². The standard InChI is InChI=1S/C14H13N5O/c1-19-9-10(8-17-19)14-16-6-5-13(18-14)20-12-4-2-3-11(15)7-12/h2-9H,15H2,1H3. The lowest BCUT2D eigenvalue weighted by Gasteiger charge is -2.05. The molecule has 6 nitrogen and oxygen atoms in total. The third kappa shape index (κ3) is 2.59. The van der Waals surface area contributed by atoms with Crippen LogP contribution in [0.15, 0.2) is 48.9 Å². The number of aryl methyl sites for hydroxylation is 1. The molecule has 0 aliphatic carbocycles. The molecule has 0 radical (unpaired) electrons. The molecular formula is C14H13N5O.